The Bertz CT molecular complexity index is 539. The van der Waals surface area contributed by atoms with Crippen LogP contribution in [-0.2, 0) is 18.4 Å². The lowest BCUT2D eigenvalue weighted by atomic mass is 9.97. The van der Waals surface area contributed by atoms with E-state index < -0.39 is 0 Å². The Balaban J connectivity index is 1.76. The summed E-state index contributed by atoms with van der Waals surface area (Å²) in [7, 11) is 1.85. The smallest absolute Gasteiger partial charge is 0.233 e. The van der Waals surface area contributed by atoms with Crippen molar-refractivity contribution in [2.45, 2.75) is 56.0 Å². The molecule has 6 heteroatoms. The molecule has 2 N–H and O–H groups in total. The molecular formula is C16H25N3O2S. The molecule has 0 saturated heterocycles. The zero-order chi connectivity index (χ0) is 15.9. The van der Waals surface area contributed by atoms with Gasteiger partial charge >= 0.3 is 0 Å². The molecule has 0 saturated carbocycles. The molecule has 0 aromatic carbocycles. The number of aliphatic hydroxyl groups is 1. The molecule has 5 nitrogen and oxygen atoms in total. The Morgan fingerprint density at radius 3 is 3.00 bits per heavy atom. The summed E-state index contributed by atoms with van der Waals surface area (Å²) in [6, 6.07) is 0. The second kappa shape index (κ2) is 8.39. The standard InChI is InChI=1S/C16H25N3O2S/c1-12(22-16-18-10-14(11-20)19(16)2)15(21)17-9-8-13-6-4-3-5-7-13/h6,10,12,20H,3-5,7-9,11H2,1-2H3,(H,17,21). The van der Waals surface area contributed by atoms with Gasteiger partial charge in [-0.05, 0) is 39.0 Å². The van der Waals surface area contributed by atoms with Gasteiger partial charge in [0.15, 0.2) is 5.16 Å². The SMILES string of the molecule is CC(Sc1ncc(CO)n1C)C(=O)NCCC1=CCCCC1. The van der Waals surface area contributed by atoms with E-state index >= 15 is 0 Å². The van der Waals surface area contributed by atoms with Crippen LogP contribution < -0.4 is 5.32 Å². The maximum atomic E-state index is 12.1. The van der Waals surface area contributed by atoms with Crippen LogP contribution in [0.25, 0.3) is 0 Å². The van der Waals surface area contributed by atoms with Crippen LogP contribution >= 0.6 is 11.8 Å². The summed E-state index contributed by atoms with van der Waals surface area (Å²) in [5.41, 5.74) is 2.22. The maximum Gasteiger partial charge on any atom is 0.233 e. The Kier molecular flexibility index (Phi) is 6.51. The van der Waals surface area contributed by atoms with Gasteiger partial charge in [0.2, 0.25) is 5.91 Å². The van der Waals surface area contributed by atoms with Gasteiger partial charge in [-0.25, -0.2) is 4.98 Å². The highest BCUT2D eigenvalue weighted by molar-refractivity contribution is 8.00. The number of nitrogens with one attached hydrogen (secondary N) is 1. The molecule has 2 rings (SSSR count). The van der Waals surface area contributed by atoms with Gasteiger partial charge in [0.05, 0.1) is 23.7 Å². The molecule has 0 fully saturated rings. The van der Waals surface area contributed by atoms with Gasteiger partial charge in [-0.3, -0.25) is 4.79 Å². The zero-order valence-electron chi connectivity index (χ0n) is 13.3. The van der Waals surface area contributed by atoms with Crippen molar-refractivity contribution in [2.75, 3.05) is 6.54 Å². The second-order valence-electron chi connectivity index (χ2n) is 5.66. The van der Waals surface area contributed by atoms with E-state index in [0.29, 0.717) is 6.54 Å². The molecule has 1 atom stereocenters. The van der Waals surface area contributed by atoms with Gasteiger partial charge in [0.25, 0.3) is 0 Å². The average Bonchev–Trinajstić information content (AvgIpc) is 2.88. The van der Waals surface area contributed by atoms with Gasteiger partial charge < -0.3 is 15.0 Å². The fourth-order valence-electron chi connectivity index (χ4n) is 2.52. The molecule has 0 radical (unpaired) electrons. The highest BCUT2D eigenvalue weighted by Gasteiger charge is 2.17. The molecule has 1 aromatic heterocycles. The van der Waals surface area contributed by atoms with Gasteiger partial charge in [0.1, 0.15) is 0 Å². The van der Waals surface area contributed by atoms with E-state index in [1.807, 2.05) is 18.5 Å². The van der Waals surface area contributed by atoms with Crippen molar-refractivity contribution in [2.24, 2.45) is 7.05 Å². The van der Waals surface area contributed by atoms with Crippen molar-refractivity contribution in [3.8, 4) is 0 Å². The van der Waals surface area contributed by atoms with Crippen LogP contribution in [0.4, 0.5) is 0 Å². The van der Waals surface area contributed by atoms with Crippen LogP contribution in [0.5, 0.6) is 0 Å². The number of nitrogens with zero attached hydrogens (tertiary/aromatic N) is 2. The summed E-state index contributed by atoms with van der Waals surface area (Å²) in [4.78, 5) is 16.4. The van der Waals surface area contributed by atoms with E-state index in [1.165, 1.54) is 43.0 Å². The van der Waals surface area contributed by atoms with Crippen LogP contribution in [0.15, 0.2) is 23.0 Å². The number of carbonyl (C=O) groups is 1. The first-order valence-electron chi connectivity index (χ1n) is 7.85. The predicted molar refractivity (Wildman–Crippen MR) is 88.6 cm³/mol. The normalized spacial score (nSPS) is 16.2. The summed E-state index contributed by atoms with van der Waals surface area (Å²) in [5.74, 6) is 0.0370. The monoisotopic (exact) mass is 323 g/mol. The van der Waals surface area contributed by atoms with Crippen molar-refractivity contribution in [1.29, 1.82) is 0 Å². The number of hydrogen-bond acceptors (Lipinski definition) is 4. The molecule has 1 aromatic rings. The van der Waals surface area contributed by atoms with Crippen molar-refractivity contribution in [3.63, 3.8) is 0 Å². The minimum absolute atomic E-state index is 0.0370. The van der Waals surface area contributed by atoms with Crippen LogP contribution in [0.1, 0.15) is 44.7 Å². The number of allylic oxidation sites excluding steroid dienone is 1. The Morgan fingerprint density at radius 1 is 1.55 bits per heavy atom. The number of carbonyl (C=O) groups excluding carboxylic acids is 1. The fraction of sp³-hybridized carbons (Fsp3) is 0.625. The topological polar surface area (TPSA) is 67.2 Å². The van der Waals surface area contributed by atoms with Crippen molar-refractivity contribution in [1.82, 2.24) is 14.9 Å². The highest BCUT2D eigenvalue weighted by Crippen LogP contribution is 2.23. The van der Waals surface area contributed by atoms with Crippen LogP contribution in [-0.4, -0.2) is 32.4 Å². The number of imidazole rings is 1. The Labute approximate surface area is 136 Å². The third-order valence-corrected chi connectivity index (χ3v) is 5.14. The van der Waals surface area contributed by atoms with Gasteiger partial charge in [0, 0.05) is 13.6 Å². The van der Waals surface area contributed by atoms with Crippen molar-refractivity contribution < 1.29 is 9.90 Å². The number of aliphatic hydroxyl groups excluding tert-OH is 1. The number of amides is 1. The van der Waals surface area contributed by atoms with Crippen LogP contribution in [0.3, 0.4) is 0 Å². The minimum atomic E-state index is -0.201. The van der Waals surface area contributed by atoms with Gasteiger partial charge in [-0.15, -0.1) is 0 Å². The van der Waals surface area contributed by atoms with E-state index in [-0.39, 0.29) is 17.8 Å². The molecule has 0 aliphatic heterocycles. The molecule has 1 aliphatic rings. The minimum Gasteiger partial charge on any atom is -0.390 e. The summed E-state index contributed by atoms with van der Waals surface area (Å²) < 4.78 is 1.82. The lowest BCUT2D eigenvalue weighted by Crippen LogP contribution is -2.32. The number of thioether (sulfide) groups is 1. The number of rotatable bonds is 7. The first-order chi connectivity index (χ1) is 10.6. The van der Waals surface area contributed by atoms with Gasteiger partial charge in [-0.1, -0.05) is 23.4 Å². The number of aromatic nitrogens is 2. The lowest BCUT2D eigenvalue weighted by Gasteiger charge is -2.15. The van der Waals surface area contributed by atoms with E-state index in [4.69, 9.17) is 5.11 Å². The molecule has 1 unspecified atom stereocenters. The summed E-state index contributed by atoms with van der Waals surface area (Å²) in [6.07, 6.45) is 9.85. The van der Waals surface area contributed by atoms with E-state index in [1.54, 1.807) is 6.20 Å². The van der Waals surface area contributed by atoms with E-state index in [2.05, 4.69) is 16.4 Å². The molecule has 0 spiro atoms. The van der Waals surface area contributed by atoms with Crippen LogP contribution in [0, 0.1) is 0 Å². The molecule has 0 bridgehead atoms. The molecule has 1 aliphatic carbocycles. The van der Waals surface area contributed by atoms with Gasteiger partial charge in [-0.2, -0.15) is 0 Å². The lowest BCUT2D eigenvalue weighted by molar-refractivity contribution is -0.120. The molecule has 122 valence electrons. The molecule has 22 heavy (non-hydrogen) atoms. The quantitative estimate of drug-likeness (QED) is 0.597. The third kappa shape index (κ3) is 4.61. The van der Waals surface area contributed by atoms with Crippen LogP contribution in [0.2, 0.25) is 0 Å². The van der Waals surface area contributed by atoms with E-state index in [9.17, 15) is 4.79 Å². The van der Waals surface area contributed by atoms with Crippen molar-refractivity contribution >= 4 is 17.7 Å². The summed E-state index contributed by atoms with van der Waals surface area (Å²) in [6.45, 7) is 2.55. The zero-order valence-corrected chi connectivity index (χ0v) is 14.2. The Morgan fingerprint density at radius 2 is 2.36 bits per heavy atom. The average molecular weight is 323 g/mol. The van der Waals surface area contributed by atoms with E-state index in [0.717, 1.165) is 17.3 Å². The summed E-state index contributed by atoms with van der Waals surface area (Å²) >= 11 is 1.41. The molecule has 1 amide bonds. The second-order valence-corrected chi connectivity index (χ2v) is 6.97. The first kappa shape index (κ1) is 17.1. The maximum absolute atomic E-state index is 12.1. The summed E-state index contributed by atoms with van der Waals surface area (Å²) in [5, 5.41) is 12.7. The third-order valence-electron chi connectivity index (χ3n) is 3.99. The molecule has 1 heterocycles. The van der Waals surface area contributed by atoms with Crippen molar-refractivity contribution in [3.05, 3.63) is 23.5 Å². The molecular weight excluding hydrogens is 298 g/mol. The number of hydrogen-bond donors (Lipinski definition) is 2. The highest BCUT2D eigenvalue weighted by atomic mass is 32.2. The fourth-order valence-corrected chi connectivity index (χ4v) is 3.41. The predicted octanol–water partition coefficient (Wildman–Crippen LogP) is 2.40. The Hall–Kier alpha value is -1.27. The largest absolute Gasteiger partial charge is 0.390 e. The first-order valence-corrected chi connectivity index (χ1v) is 8.73.